The maximum Gasteiger partial charge on any atom is 0.225 e. The van der Waals surface area contributed by atoms with Gasteiger partial charge in [-0.3, -0.25) is 9.59 Å². The first-order valence-electron chi connectivity index (χ1n) is 9.79. The molecule has 1 atom stereocenters. The summed E-state index contributed by atoms with van der Waals surface area (Å²) < 4.78 is 2.23. The van der Waals surface area contributed by atoms with E-state index in [0.717, 1.165) is 55.0 Å². The van der Waals surface area contributed by atoms with Crippen LogP contribution in [0.25, 0.3) is 11.3 Å². The van der Waals surface area contributed by atoms with Gasteiger partial charge >= 0.3 is 0 Å². The summed E-state index contributed by atoms with van der Waals surface area (Å²) in [7, 11) is 0. The number of hydrogen-bond donors (Lipinski definition) is 1. The molecule has 2 aromatic rings. The Morgan fingerprint density at radius 2 is 2.15 bits per heavy atom. The molecule has 6 nitrogen and oxygen atoms in total. The highest BCUT2D eigenvalue weighted by Crippen LogP contribution is 2.24. The van der Waals surface area contributed by atoms with Crippen LogP contribution in [-0.2, 0) is 29.1 Å². The summed E-state index contributed by atoms with van der Waals surface area (Å²) in [6.45, 7) is 4.41. The van der Waals surface area contributed by atoms with Gasteiger partial charge < -0.3 is 14.8 Å². The fraction of sp³-hybridized carbons (Fsp3) is 0.476. The van der Waals surface area contributed by atoms with E-state index < -0.39 is 0 Å². The van der Waals surface area contributed by atoms with Crippen LogP contribution >= 0.6 is 0 Å². The number of likely N-dealkylation sites (tertiary alicyclic amines) is 1. The SMILES string of the molecule is CC(=O)N1CCCC(C(=O)NCc2cccc(-c3cn4c(n3)CCC4)c2)C1. The van der Waals surface area contributed by atoms with Crippen LogP contribution < -0.4 is 5.32 Å². The summed E-state index contributed by atoms with van der Waals surface area (Å²) >= 11 is 0. The minimum absolute atomic E-state index is 0.0346. The van der Waals surface area contributed by atoms with E-state index >= 15 is 0 Å². The van der Waals surface area contributed by atoms with Crippen LogP contribution in [0, 0.1) is 5.92 Å². The number of rotatable bonds is 4. The number of aromatic nitrogens is 2. The van der Waals surface area contributed by atoms with Gasteiger partial charge in [0.25, 0.3) is 0 Å². The van der Waals surface area contributed by atoms with Crippen molar-refractivity contribution in [3.05, 3.63) is 41.9 Å². The molecule has 1 aromatic heterocycles. The van der Waals surface area contributed by atoms with Crippen LogP contribution in [0.2, 0.25) is 0 Å². The quantitative estimate of drug-likeness (QED) is 0.903. The minimum Gasteiger partial charge on any atom is -0.352 e. The van der Waals surface area contributed by atoms with E-state index in [1.54, 1.807) is 11.8 Å². The highest BCUT2D eigenvalue weighted by molar-refractivity contribution is 5.80. The Morgan fingerprint density at radius 3 is 2.96 bits per heavy atom. The standard InChI is InChI=1S/C21H26N4O2/c1-15(26)24-9-3-7-18(13-24)21(27)22-12-16-5-2-6-17(11-16)19-14-25-10-4-8-20(25)23-19/h2,5-6,11,14,18H,3-4,7-10,12-13H2,1H3,(H,22,27). The smallest absolute Gasteiger partial charge is 0.225 e. The number of hydrogen-bond acceptors (Lipinski definition) is 3. The van der Waals surface area contributed by atoms with Gasteiger partial charge in [0.2, 0.25) is 11.8 Å². The highest BCUT2D eigenvalue weighted by atomic mass is 16.2. The van der Waals surface area contributed by atoms with Crippen molar-refractivity contribution >= 4 is 11.8 Å². The third-order valence-corrected chi connectivity index (χ3v) is 5.59. The number of carbonyl (C=O) groups is 2. The summed E-state index contributed by atoms with van der Waals surface area (Å²) in [5.74, 6) is 1.14. The predicted molar refractivity (Wildman–Crippen MR) is 103 cm³/mol. The molecule has 1 aromatic carbocycles. The van der Waals surface area contributed by atoms with Crippen LogP contribution in [0.1, 0.15) is 37.6 Å². The maximum absolute atomic E-state index is 12.5. The third-order valence-electron chi connectivity index (χ3n) is 5.59. The van der Waals surface area contributed by atoms with Crippen molar-refractivity contribution in [1.82, 2.24) is 19.8 Å². The average molecular weight is 366 g/mol. The lowest BCUT2D eigenvalue weighted by Gasteiger charge is -2.31. The Hall–Kier alpha value is -2.63. The van der Waals surface area contributed by atoms with E-state index in [0.29, 0.717) is 13.1 Å². The third kappa shape index (κ3) is 3.89. The van der Waals surface area contributed by atoms with E-state index in [1.165, 1.54) is 6.42 Å². The Morgan fingerprint density at radius 1 is 1.26 bits per heavy atom. The van der Waals surface area contributed by atoms with E-state index in [9.17, 15) is 9.59 Å². The summed E-state index contributed by atoms with van der Waals surface area (Å²) in [6, 6.07) is 8.20. The summed E-state index contributed by atoms with van der Waals surface area (Å²) in [5.41, 5.74) is 3.15. The molecule has 2 amide bonds. The van der Waals surface area contributed by atoms with E-state index in [-0.39, 0.29) is 17.7 Å². The van der Waals surface area contributed by atoms with Gasteiger partial charge in [-0.25, -0.2) is 4.98 Å². The van der Waals surface area contributed by atoms with Crippen LogP contribution in [0.5, 0.6) is 0 Å². The highest BCUT2D eigenvalue weighted by Gasteiger charge is 2.26. The number of benzene rings is 1. The molecule has 0 aliphatic carbocycles. The molecule has 1 unspecified atom stereocenters. The first-order chi connectivity index (χ1) is 13.1. The van der Waals surface area contributed by atoms with Crippen molar-refractivity contribution < 1.29 is 9.59 Å². The van der Waals surface area contributed by atoms with Gasteiger partial charge in [-0.15, -0.1) is 0 Å². The number of amides is 2. The molecule has 142 valence electrons. The Labute approximate surface area is 159 Å². The molecule has 6 heteroatoms. The van der Waals surface area contributed by atoms with Gasteiger partial charge in [-0.1, -0.05) is 18.2 Å². The maximum atomic E-state index is 12.5. The van der Waals surface area contributed by atoms with E-state index in [4.69, 9.17) is 4.98 Å². The first-order valence-corrected chi connectivity index (χ1v) is 9.79. The molecule has 1 N–H and O–H groups in total. The van der Waals surface area contributed by atoms with Gasteiger partial charge in [0.1, 0.15) is 5.82 Å². The molecule has 1 saturated heterocycles. The van der Waals surface area contributed by atoms with Crippen LogP contribution in [-0.4, -0.2) is 39.4 Å². The van der Waals surface area contributed by atoms with Crippen molar-refractivity contribution in [1.29, 1.82) is 0 Å². The molecule has 27 heavy (non-hydrogen) atoms. The van der Waals surface area contributed by atoms with Gasteiger partial charge in [0, 0.05) is 51.3 Å². The molecule has 4 rings (SSSR count). The molecular formula is C21H26N4O2. The summed E-state index contributed by atoms with van der Waals surface area (Å²) in [4.78, 5) is 30.6. The summed E-state index contributed by atoms with van der Waals surface area (Å²) in [5, 5.41) is 3.04. The molecule has 0 spiro atoms. The molecular weight excluding hydrogens is 340 g/mol. The van der Waals surface area contributed by atoms with E-state index in [1.807, 2.05) is 12.1 Å². The lowest BCUT2D eigenvalue weighted by atomic mass is 9.97. The van der Waals surface area contributed by atoms with Crippen LogP contribution in [0.15, 0.2) is 30.5 Å². The summed E-state index contributed by atoms with van der Waals surface area (Å²) in [6.07, 6.45) is 6.08. The normalized spacial score (nSPS) is 19.0. The second-order valence-electron chi connectivity index (χ2n) is 7.56. The fourth-order valence-corrected chi connectivity index (χ4v) is 4.05. The van der Waals surface area contributed by atoms with Gasteiger partial charge in [-0.2, -0.15) is 0 Å². The molecule has 0 radical (unpaired) electrons. The first kappa shape index (κ1) is 17.8. The number of fused-ring (bicyclic) bond motifs is 1. The molecule has 0 saturated carbocycles. The number of nitrogens with one attached hydrogen (secondary N) is 1. The second kappa shape index (κ2) is 7.55. The van der Waals surface area contributed by atoms with Crippen LogP contribution in [0.3, 0.4) is 0 Å². The number of aryl methyl sites for hydroxylation is 2. The minimum atomic E-state index is -0.109. The zero-order valence-corrected chi connectivity index (χ0v) is 15.8. The number of nitrogens with zero attached hydrogens (tertiary/aromatic N) is 3. The molecule has 3 heterocycles. The van der Waals surface area contributed by atoms with Gasteiger partial charge in [0.15, 0.2) is 0 Å². The number of piperidine rings is 1. The van der Waals surface area contributed by atoms with Crippen molar-refractivity contribution in [3.8, 4) is 11.3 Å². The monoisotopic (exact) mass is 366 g/mol. The van der Waals surface area contributed by atoms with Crippen molar-refractivity contribution in [2.45, 2.75) is 45.7 Å². The zero-order chi connectivity index (χ0) is 18.8. The lowest BCUT2D eigenvalue weighted by Crippen LogP contribution is -2.44. The van der Waals surface area contributed by atoms with Gasteiger partial charge in [-0.05, 0) is 30.9 Å². The van der Waals surface area contributed by atoms with Gasteiger partial charge in [0.05, 0.1) is 11.6 Å². The Kier molecular flexibility index (Phi) is 4.97. The Bertz CT molecular complexity index is 836. The zero-order valence-electron chi connectivity index (χ0n) is 15.8. The second-order valence-corrected chi connectivity index (χ2v) is 7.56. The largest absolute Gasteiger partial charge is 0.352 e. The molecule has 1 fully saturated rings. The topological polar surface area (TPSA) is 67.2 Å². The number of imidazole rings is 1. The van der Waals surface area contributed by atoms with Crippen LogP contribution in [0.4, 0.5) is 0 Å². The fourth-order valence-electron chi connectivity index (χ4n) is 4.05. The van der Waals surface area contributed by atoms with Crippen molar-refractivity contribution in [2.24, 2.45) is 5.92 Å². The Balaban J connectivity index is 1.38. The van der Waals surface area contributed by atoms with Crippen molar-refractivity contribution in [3.63, 3.8) is 0 Å². The number of carbonyl (C=O) groups excluding carboxylic acids is 2. The van der Waals surface area contributed by atoms with Crippen molar-refractivity contribution in [2.75, 3.05) is 13.1 Å². The lowest BCUT2D eigenvalue weighted by molar-refractivity contribution is -0.134. The average Bonchev–Trinajstić information content (AvgIpc) is 3.28. The molecule has 0 bridgehead atoms. The molecule has 2 aliphatic heterocycles. The predicted octanol–water partition coefficient (Wildman–Crippen LogP) is 2.37. The van der Waals surface area contributed by atoms with E-state index in [2.05, 4.69) is 28.2 Å². The molecule has 2 aliphatic rings.